The molecule has 6 nitrogen and oxygen atoms in total. The van der Waals surface area contributed by atoms with E-state index in [-0.39, 0.29) is 5.91 Å². The van der Waals surface area contributed by atoms with Crippen molar-refractivity contribution in [3.8, 4) is 11.5 Å². The van der Waals surface area contributed by atoms with Crippen LogP contribution in [0.2, 0.25) is 0 Å². The van der Waals surface area contributed by atoms with Crippen LogP contribution in [0.25, 0.3) is 10.9 Å². The van der Waals surface area contributed by atoms with Crippen LogP contribution in [0, 0.1) is 0 Å². The van der Waals surface area contributed by atoms with Gasteiger partial charge in [-0.25, -0.2) is 0 Å². The summed E-state index contributed by atoms with van der Waals surface area (Å²) in [5.41, 5.74) is 2.58. The van der Waals surface area contributed by atoms with E-state index >= 15 is 0 Å². The number of rotatable bonds is 9. The first kappa shape index (κ1) is 19.8. The zero-order chi connectivity index (χ0) is 19.9. The van der Waals surface area contributed by atoms with Crippen molar-refractivity contribution in [2.24, 2.45) is 0 Å². The molecule has 0 aliphatic rings. The Labute approximate surface area is 165 Å². The number of fused-ring (bicyclic) bond motifs is 1. The van der Waals surface area contributed by atoms with Crippen LogP contribution in [0.5, 0.6) is 11.5 Å². The van der Waals surface area contributed by atoms with Crippen LogP contribution in [-0.2, 0) is 11.3 Å². The molecular formula is C22H26N2O4. The maximum absolute atomic E-state index is 12.8. The first-order valence-corrected chi connectivity index (χ1v) is 9.33. The Morgan fingerprint density at radius 1 is 1.11 bits per heavy atom. The van der Waals surface area contributed by atoms with Crippen LogP contribution in [0.1, 0.15) is 23.0 Å². The van der Waals surface area contributed by atoms with Crippen LogP contribution < -0.4 is 14.8 Å². The van der Waals surface area contributed by atoms with E-state index in [2.05, 4.69) is 5.32 Å². The largest absolute Gasteiger partial charge is 0.497 e. The van der Waals surface area contributed by atoms with Crippen molar-refractivity contribution in [1.82, 2.24) is 9.88 Å². The topological polar surface area (TPSA) is 61.7 Å². The Bertz CT molecular complexity index is 949. The number of aromatic nitrogens is 1. The molecule has 0 aliphatic heterocycles. The van der Waals surface area contributed by atoms with Crippen LogP contribution in [-0.4, -0.2) is 44.5 Å². The SMILES string of the molecule is CCOc1cccc2c1cc(C(=O)NCCOC)n2Cc1cccc(OC)c1. The maximum Gasteiger partial charge on any atom is 0.268 e. The van der Waals surface area contributed by atoms with Gasteiger partial charge in [-0.3, -0.25) is 4.79 Å². The summed E-state index contributed by atoms with van der Waals surface area (Å²) in [7, 11) is 3.26. The van der Waals surface area contributed by atoms with Gasteiger partial charge < -0.3 is 24.1 Å². The number of carbonyl (C=O) groups is 1. The van der Waals surface area contributed by atoms with Gasteiger partial charge in [-0.15, -0.1) is 0 Å². The van der Waals surface area contributed by atoms with Crippen LogP contribution in [0.15, 0.2) is 48.5 Å². The van der Waals surface area contributed by atoms with Gasteiger partial charge in [0.25, 0.3) is 5.91 Å². The van der Waals surface area contributed by atoms with Gasteiger partial charge in [0, 0.05) is 25.6 Å². The molecule has 148 valence electrons. The van der Waals surface area contributed by atoms with Crippen molar-refractivity contribution in [2.75, 3.05) is 34.0 Å². The Hall–Kier alpha value is -2.99. The van der Waals surface area contributed by atoms with Gasteiger partial charge in [0.15, 0.2) is 0 Å². The predicted molar refractivity (Wildman–Crippen MR) is 109 cm³/mol. The first-order valence-electron chi connectivity index (χ1n) is 9.33. The van der Waals surface area contributed by atoms with E-state index in [1.165, 1.54) is 0 Å². The Kier molecular flexibility index (Phi) is 6.55. The van der Waals surface area contributed by atoms with Crippen LogP contribution in [0.4, 0.5) is 0 Å². The number of amides is 1. The average molecular weight is 382 g/mol. The van der Waals surface area contributed by atoms with Crippen molar-refractivity contribution < 1.29 is 19.0 Å². The number of benzene rings is 2. The number of nitrogens with zero attached hydrogens (tertiary/aromatic N) is 1. The predicted octanol–water partition coefficient (Wildman–Crippen LogP) is 3.47. The third kappa shape index (κ3) is 4.28. The Morgan fingerprint density at radius 3 is 2.68 bits per heavy atom. The summed E-state index contributed by atoms with van der Waals surface area (Å²) >= 11 is 0. The van der Waals surface area contributed by atoms with E-state index in [4.69, 9.17) is 14.2 Å². The standard InChI is InChI=1S/C22H26N2O4/c1-4-28-21-10-6-9-19-18(21)14-20(22(25)23-11-12-26-2)24(19)15-16-7-5-8-17(13-16)27-3/h5-10,13-14H,4,11-12,15H2,1-3H3,(H,23,25). The minimum absolute atomic E-state index is 0.140. The Balaban J connectivity index is 2.04. The van der Waals surface area contributed by atoms with Crippen molar-refractivity contribution >= 4 is 16.8 Å². The molecule has 0 unspecified atom stereocenters. The first-order chi connectivity index (χ1) is 13.7. The van der Waals surface area contributed by atoms with Gasteiger partial charge in [-0.05, 0) is 42.8 Å². The molecule has 0 saturated heterocycles. The third-order valence-corrected chi connectivity index (χ3v) is 4.50. The molecule has 6 heteroatoms. The summed E-state index contributed by atoms with van der Waals surface area (Å²) in [6, 6.07) is 15.6. The summed E-state index contributed by atoms with van der Waals surface area (Å²) in [5.74, 6) is 1.42. The van der Waals surface area contributed by atoms with Crippen LogP contribution in [0.3, 0.4) is 0 Å². The molecule has 1 amide bonds. The van der Waals surface area contributed by atoms with Gasteiger partial charge in [-0.2, -0.15) is 0 Å². The lowest BCUT2D eigenvalue weighted by Gasteiger charge is -2.12. The molecule has 1 heterocycles. The highest BCUT2D eigenvalue weighted by Gasteiger charge is 2.18. The second-order valence-electron chi connectivity index (χ2n) is 6.34. The minimum Gasteiger partial charge on any atom is -0.497 e. The number of methoxy groups -OCH3 is 2. The zero-order valence-corrected chi connectivity index (χ0v) is 16.5. The summed E-state index contributed by atoms with van der Waals surface area (Å²) < 4.78 is 18.1. The van der Waals surface area contributed by atoms with Gasteiger partial charge in [0.2, 0.25) is 0 Å². The second-order valence-corrected chi connectivity index (χ2v) is 6.34. The van der Waals surface area contributed by atoms with Crippen molar-refractivity contribution in [3.05, 3.63) is 59.8 Å². The minimum atomic E-state index is -0.140. The lowest BCUT2D eigenvalue weighted by molar-refractivity contribution is 0.0928. The van der Waals surface area contributed by atoms with Crippen molar-refractivity contribution in [3.63, 3.8) is 0 Å². The molecule has 0 bridgehead atoms. The molecule has 0 radical (unpaired) electrons. The molecule has 28 heavy (non-hydrogen) atoms. The lowest BCUT2D eigenvalue weighted by Crippen LogP contribution is -2.29. The molecule has 2 aromatic carbocycles. The maximum atomic E-state index is 12.8. The summed E-state index contributed by atoms with van der Waals surface area (Å²) in [5, 5.41) is 3.83. The van der Waals surface area contributed by atoms with E-state index in [1.54, 1.807) is 14.2 Å². The molecule has 3 aromatic rings. The van der Waals surface area contributed by atoms with Gasteiger partial charge in [0.1, 0.15) is 17.2 Å². The monoisotopic (exact) mass is 382 g/mol. The van der Waals surface area contributed by atoms with E-state index in [9.17, 15) is 4.79 Å². The number of hydrogen-bond donors (Lipinski definition) is 1. The van der Waals surface area contributed by atoms with E-state index in [0.29, 0.717) is 32.0 Å². The fourth-order valence-corrected chi connectivity index (χ4v) is 3.21. The molecule has 0 saturated carbocycles. The normalized spacial score (nSPS) is 10.8. The average Bonchev–Trinajstić information content (AvgIpc) is 3.08. The summed E-state index contributed by atoms with van der Waals surface area (Å²) in [4.78, 5) is 12.8. The molecule has 0 aliphatic carbocycles. The fraction of sp³-hybridized carbons (Fsp3) is 0.318. The molecule has 0 fully saturated rings. The van der Waals surface area contributed by atoms with Crippen molar-refractivity contribution in [2.45, 2.75) is 13.5 Å². The summed E-state index contributed by atoms with van der Waals surface area (Å²) in [6.45, 7) is 3.98. The highest BCUT2D eigenvalue weighted by Crippen LogP contribution is 2.30. The Morgan fingerprint density at radius 2 is 1.93 bits per heavy atom. The molecule has 0 atom stereocenters. The highest BCUT2D eigenvalue weighted by atomic mass is 16.5. The highest BCUT2D eigenvalue weighted by molar-refractivity contribution is 6.00. The van der Waals surface area contributed by atoms with Gasteiger partial charge in [0.05, 0.1) is 25.8 Å². The van der Waals surface area contributed by atoms with E-state index in [1.807, 2.05) is 60.0 Å². The molecule has 3 rings (SSSR count). The van der Waals surface area contributed by atoms with E-state index in [0.717, 1.165) is 28.0 Å². The zero-order valence-electron chi connectivity index (χ0n) is 16.5. The third-order valence-electron chi connectivity index (χ3n) is 4.50. The van der Waals surface area contributed by atoms with Gasteiger partial charge >= 0.3 is 0 Å². The summed E-state index contributed by atoms with van der Waals surface area (Å²) in [6.07, 6.45) is 0. The molecule has 1 N–H and O–H groups in total. The molecular weight excluding hydrogens is 356 g/mol. The second kappa shape index (κ2) is 9.28. The van der Waals surface area contributed by atoms with Gasteiger partial charge in [-0.1, -0.05) is 18.2 Å². The molecule has 1 aromatic heterocycles. The quantitative estimate of drug-likeness (QED) is 0.576. The number of nitrogens with one attached hydrogen (secondary N) is 1. The number of carbonyl (C=O) groups excluding carboxylic acids is 1. The van der Waals surface area contributed by atoms with Crippen molar-refractivity contribution in [1.29, 1.82) is 0 Å². The smallest absolute Gasteiger partial charge is 0.268 e. The number of hydrogen-bond acceptors (Lipinski definition) is 4. The van der Waals surface area contributed by atoms with Crippen LogP contribution >= 0.6 is 0 Å². The molecule has 0 spiro atoms. The lowest BCUT2D eigenvalue weighted by atomic mass is 10.2. The fourth-order valence-electron chi connectivity index (χ4n) is 3.21. The van der Waals surface area contributed by atoms with E-state index < -0.39 is 0 Å². The number of ether oxygens (including phenoxy) is 3.